The van der Waals surface area contributed by atoms with Crippen molar-refractivity contribution in [3.63, 3.8) is 0 Å². The van der Waals surface area contributed by atoms with Crippen LogP contribution in [0, 0.1) is 0 Å². The van der Waals surface area contributed by atoms with Crippen LogP contribution in [0.5, 0.6) is 11.5 Å². The summed E-state index contributed by atoms with van der Waals surface area (Å²) in [6, 6.07) is 6.76. The van der Waals surface area contributed by atoms with Crippen LogP contribution in [0.15, 0.2) is 18.2 Å². The number of hydrogen-bond acceptors (Lipinski definition) is 3. The van der Waals surface area contributed by atoms with Crippen LogP contribution >= 0.6 is 0 Å². The number of benzene rings is 1. The zero-order chi connectivity index (χ0) is 10.8. The Hall–Kier alpha value is -1.22. The second-order valence-electron chi connectivity index (χ2n) is 4.09. The maximum Gasteiger partial charge on any atom is 0.127 e. The van der Waals surface area contributed by atoms with E-state index in [9.17, 15) is 0 Å². The first kappa shape index (κ1) is 10.3. The molecule has 1 atom stereocenters. The smallest absolute Gasteiger partial charge is 0.127 e. The van der Waals surface area contributed by atoms with Crippen molar-refractivity contribution in [3.05, 3.63) is 23.8 Å². The van der Waals surface area contributed by atoms with Gasteiger partial charge in [0.05, 0.1) is 13.2 Å². The van der Waals surface area contributed by atoms with Gasteiger partial charge in [0.1, 0.15) is 18.1 Å². The van der Waals surface area contributed by atoms with Gasteiger partial charge in [-0.2, -0.15) is 0 Å². The van der Waals surface area contributed by atoms with Crippen molar-refractivity contribution in [2.75, 3.05) is 13.7 Å². The normalized spacial score (nSPS) is 18.8. The fraction of sp³-hybridized carbons (Fsp3) is 0.500. The van der Waals surface area contributed by atoms with E-state index in [0.717, 1.165) is 11.5 Å². The monoisotopic (exact) mass is 207 g/mol. The van der Waals surface area contributed by atoms with Gasteiger partial charge in [0.15, 0.2) is 0 Å². The van der Waals surface area contributed by atoms with Gasteiger partial charge in [-0.15, -0.1) is 0 Å². The van der Waals surface area contributed by atoms with E-state index in [1.54, 1.807) is 7.11 Å². The van der Waals surface area contributed by atoms with Crippen molar-refractivity contribution in [1.82, 2.24) is 5.32 Å². The Morgan fingerprint density at radius 3 is 2.93 bits per heavy atom. The summed E-state index contributed by atoms with van der Waals surface area (Å²) in [6.45, 7) is 4.99. The van der Waals surface area contributed by atoms with E-state index in [2.05, 4.69) is 25.2 Å². The van der Waals surface area contributed by atoms with Crippen LogP contribution in [-0.4, -0.2) is 19.8 Å². The molecule has 0 saturated carbocycles. The molecule has 0 aromatic heterocycles. The molecule has 0 saturated heterocycles. The van der Waals surface area contributed by atoms with Gasteiger partial charge in [0.2, 0.25) is 0 Å². The molecule has 3 heteroatoms. The third-order valence-corrected chi connectivity index (χ3v) is 2.54. The summed E-state index contributed by atoms with van der Waals surface area (Å²) in [5.41, 5.74) is 1.23. The second kappa shape index (κ2) is 4.11. The Balaban J connectivity index is 2.20. The van der Waals surface area contributed by atoms with Crippen LogP contribution in [0.2, 0.25) is 0 Å². The predicted molar refractivity (Wildman–Crippen MR) is 59.5 cm³/mol. The maximum atomic E-state index is 5.61. The lowest BCUT2D eigenvalue weighted by atomic mass is 10.1. The number of nitrogens with one attached hydrogen (secondary N) is 1. The molecule has 0 aliphatic carbocycles. The average molecular weight is 207 g/mol. The molecule has 0 radical (unpaired) electrons. The van der Waals surface area contributed by atoms with E-state index >= 15 is 0 Å². The lowest BCUT2D eigenvalue weighted by Gasteiger charge is -2.14. The van der Waals surface area contributed by atoms with E-state index in [4.69, 9.17) is 9.47 Å². The summed E-state index contributed by atoms with van der Waals surface area (Å²) in [7, 11) is 1.67. The van der Waals surface area contributed by atoms with E-state index < -0.39 is 0 Å². The molecule has 1 N–H and O–H groups in total. The molecule has 1 aliphatic rings. The third kappa shape index (κ3) is 2.07. The highest BCUT2D eigenvalue weighted by Gasteiger charge is 2.24. The van der Waals surface area contributed by atoms with Crippen LogP contribution in [-0.2, 0) is 0 Å². The molecule has 0 amide bonds. The Labute approximate surface area is 90.4 Å². The average Bonchev–Trinajstić information content (AvgIpc) is 2.60. The van der Waals surface area contributed by atoms with Gasteiger partial charge < -0.3 is 14.8 Å². The summed E-state index contributed by atoms with van der Waals surface area (Å²) in [6.07, 6.45) is 0. The highest BCUT2D eigenvalue weighted by atomic mass is 16.5. The zero-order valence-corrected chi connectivity index (χ0v) is 9.41. The van der Waals surface area contributed by atoms with Gasteiger partial charge in [-0.3, -0.25) is 0 Å². The molecule has 82 valence electrons. The molecule has 0 fully saturated rings. The largest absolute Gasteiger partial charge is 0.497 e. The number of hydrogen-bond donors (Lipinski definition) is 1. The molecule has 1 aromatic carbocycles. The summed E-state index contributed by atoms with van der Waals surface area (Å²) in [5.74, 6) is 1.78. The topological polar surface area (TPSA) is 30.5 Å². The van der Waals surface area contributed by atoms with Gasteiger partial charge >= 0.3 is 0 Å². The summed E-state index contributed by atoms with van der Waals surface area (Å²) >= 11 is 0. The lowest BCUT2D eigenvalue weighted by Crippen LogP contribution is -2.28. The number of methoxy groups -OCH3 is 1. The van der Waals surface area contributed by atoms with E-state index in [0.29, 0.717) is 18.7 Å². The van der Waals surface area contributed by atoms with Crippen LogP contribution in [0.25, 0.3) is 0 Å². The van der Waals surface area contributed by atoms with Crippen molar-refractivity contribution < 1.29 is 9.47 Å². The van der Waals surface area contributed by atoms with Crippen LogP contribution in [0.1, 0.15) is 25.5 Å². The molecule has 15 heavy (non-hydrogen) atoms. The van der Waals surface area contributed by atoms with E-state index in [-0.39, 0.29) is 0 Å². The Morgan fingerprint density at radius 2 is 2.27 bits per heavy atom. The molecule has 1 aliphatic heterocycles. The van der Waals surface area contributed by atoms with Crippen LogP contribution < -0.4 is 14.8 Å². The minimum absolute atomic E-state index is 0.311. The quantitative estimate of drug-likeness (QED) is 0.823. The second-order valence-corrected chi connectivity index (χ2v) is 4.09. The molecular weight excluding hydrogens is 190 g/mol. The van der Waals surface area contributed by atoms with Gasteiger partial charge in [-0.1, -0.05) is 13.8 Å². The summed E-state index contributed by atoms with van der Waals surface area (Å²) < 4.78 is 10.8. The SMILES string of the molecule is COc1ccc2c(c1)OCC2NC(C)C. The van der Waals surface area contributed by atoms with Gasteiger partial charge in [0, 0.05) is 17.7 Å². The Kier molecular flexibility index (Phi) is 2.82. The summed E-state index contributed by atoms with van der Waals surface area (Å²) in [5, 5.41) is 3.47. The molecule has 2 rings (SSSR count). The zero-order valence-electron chi connectivity index (χ0n) is 9.41. The minimum atomic E-state index is 0.311. The first-order valence-corrected chi connectivity index (χ1v) is 5.27. The highest BCUT2D eigenvalue weighted by Crippen LogP contribution is 2.35. The fourth-order valence-corrected chi connectivity index (χ4v) is 1.86. The van der Waals surface area contributed by atoms with Crippen molar-refractivity contribution in [3.8, 4) is 11.5 Å². The van der Waals surface area contributed by atoms with Crippen LogP contribution in [0.3, 0.4) is 0 Å². The predicted octanol–water partition coefficient (Wildman–Crippen LogP) is 2.13. The minimum Gasteiger partial charge on any atom is -0.497 e. The highest BCUT2D eigenvalue weighted by molar-refractivity contribution is 5.44. The lowest BCUT2D eigenvalue weighted by molar-refractivity contribution is 0.302. The van der Waals surface area contributed by atoms with Gasteiger partial charge in [-0.25, -0.2) is 0 Å². The van der Waals surface area contributed by atoms with Crippen molar-refractivity contribution in [2.24, 2.45) is 0 Å². The van der Waals surface area contributed by atoms with Gasteiger partial charge in [-0.05, 0) is 12.1 Å². The molecule has 3 nitrogen and oxygen atoms in total. The van der Waals surface area contributed by atoms with E-state index in [1.807, 2.05) is 12.1 Å². The van der Waals surface area contributed by atoms with E-state index in [1.165, 1.54) is 5.56 Å². The number of fused-ring (bicyclic) bond motifs is 1. The maximum absolute atomic E-state index is 5.61. The summed E-state index contributed by atoms with van der Waals surface area (Å²) in [4.78, 5) is 0. The number of rotatable bonds is 3. The first-order chi connectivity index (χ1) is 7.20. The first-order valence-electron chi connectivity index (χ1n) is 5.27. The fourth-order valence-electron chi connectivity index (χ4n) is 1.86. The van der Waals surface area contributed by atoms with Crippen molar-refractivity contribution in [2.45, 2.75) is 25.9 Å². The van der Waals surface area contributed by atoms with Crippen molar-refractivity contribution >= 4 is 0 Å². The van der Waals surface area contributed by atoms with Crippen LogP contribution in [0.4, 0.5) is 0 Å². The van der Waals surface area contributed by atoms with Gasteiger partial charge in [0.25, 0.3) is 0 Å². The molecule has 1 aromatic rings. The Morgan fingerprint density at radius 1 is 1.47 bits per heavy atom. The standard InChI is InChI=1S/C12H17NO2/c1-8(2)13-11-7-15-12-6-9(14-3)4-5-10(11)12/h4-6,8,11,13H,7H2,1-3H3. The third-order valence-electron chi connectivity index (χ3n) is 2.54. The molecule has 1 heterocycles. The Bertz CT molecular complexity index is 349. The molecule has 0 spiro atoms. The molecular formula is C12H17NO2. The molecule has 1 unspecified atom stereocenters. The van der Waals surface area contributed by atoms with Crippen molar-refractivity contribution in [1.29, 1.82) is 0 Å². The molecule has 0 bridgehead atoms. The number of ether oxygens (including phenoxy) is 2.